The van der Waals surface area contributed by atoms with Crippen molar-refractivity contribution in [3.63, 3.8) is 0 Å². The molecule has 2 aliphatic heterocycles. The Hall–Kier alpha value is -1.94. The number of carbonyl (C=O) groups is 1. The van der Waals surface area contributed by atoms with Crippen molar-refractivity contribution in [2.24, 2.45) is 11.8 Å². The first-order valence-corrected chi connectivity index (χ1v) is 9.53. The van der Waals surface area contributed by atoms with Gasteiger partial charge in [-0.1, -0.05) is 32.0 Å². The van der Waals surface area contributed by atoms with Gasteiger partial charge >= 0.3 is 0 Å². The molecule has 2 atom stereocenters. The number of aromatic nitrogens is 1. The lowest BCUT2D eigenvalue weighted by molar-refractivity contribution is 0.0760. The highest BCUT2D eigenvalue weighted by Crippen LogP contribution is 2.29. The van der Waals surface area contributed by atoms with Gasteiger partial charge in [0.2, 0.25) is 0 Å². The maximum Gasteiger partial charge on any atom is 0.254 e. The molecule has 4 nitrogen and oxygen atoms in total. The van der Waals surface area contributed by atoms with E-state index < -0.39 is 0 Å². The van der Waals surface area contributed by atoms with Crippen LogP contribution >= 0.6 is 0 Å². The van der Waals surface area contributed by atoms with Crippen LogP contribution in [0.3, 0.4) is 0 Å². The van der Waals surface area contributed by atoms with E-state index >= 15 is 0 Å². The van der Waals surface area contributed by atoms with E-state index in [4.69, 9.17) is 4.98 Å². The first-order valence-electron chi connectivity index (χ1n) is 9.53. The molecule has 2 fully saturated rings. The van der Waals surface area contributed by atoms with E-state index in [1.165, 1.54) is 0 Å². The molecule has 1 aromatic heterocycles. The van der Waals surface area contributed by atoms with Crippen LogP contribution in [0.25, 0.3) is 10.9 Å². The average molecular weight is 337 g/mol. The minimum Gasteiger partial charge on any atom is -0.339 e. The molecule has 2 saturated heterocycles. The molecule has 0 spiro atoms. The lowest BCUT2D eigenvalue weighted by Crippen LogP contribution is -2.33. The third kappa shape index (κ3) is 3.15. The standard InChI is InChI=1S/C21H27N3O/c1-14(2)20-11-18(17-5-3-4-6-19(17)23-20)21(25)24-9-7-15-12-22-13-16(15)8-10-24/h3-6,11,14-16,22H,7-10,12-13H2,1-2H3/t15-,16+. The average Bonchev–Trinajstić information content (AvgIpc) is 2.98. The van der Waals surface area contributed by atoms with Crippen LogP contribution in [0.1, 0.15) is 48.7 Å². The number of para-hydroxylation sites is 1. The van der Waals surface area contributed by atoms with Gasteiger partial charge in [0.1, 0.15) is 0 Å². The summed E-state index contributed by atoms with van der Waals surface area (Å²) >= 11 is 0. The number of fused-ring (bicyclic) bond motifs is 2. The molecule has 3 heterocycles. The maximum absolute atomic E-state index is 13.3. The predicted octanol–water partition coefficient (Wildman–Crippen LogP) is 3.43. The number of benzene rings is 1. The van der Waals surface area contributed by atoms with Crippen LogP contribution in [0.5, 0.6) is 0 Å². The summed E-state index contributed by atoms with van der Waals surface area (Å²) in [7, 11) is 0. The molecule has 0 saturated carbocycles. The SMILES string of the molecule is CC(C)c1cc(C(=O)N2CC[C@@H]3CNC[C@@H]3CC2)c2ccccc2n1. The first kappa shape index (κ1) is 16.5. The van der Waals surface area contributed by atoms with Gasteiger partial charge < -0.3 is 10.2 Å². The summed E-state index contributed by atoms with van der Waals surface area (Å²) in [5.74, 6) is 1.95. The number of amides is 1. The van der Waals surface area contributed by atoms with E-state index in [1.54, 1.807) is 0 Å². The Labute approximate surface area is 149 Å². The summed E-state index contributed by atoms with van der Waals surface area (Å²) in [5, 5.41) is 4.48. The smallest absolute Gasteiger partial charge is 0.254 e. The van der Waals surface area contributed by atoms with Crippen molar-refractivity contribution in [1.82, 2.24) is 15.2 Å². The van der Waals surface area contributed by atoms with Gasteiger partial charge in [0.25, 0.3) is 5.91 Å². The fourth-order valence-electron chi connectivity index (χ4n) is 4.26. The Morgan fingerprint density at radius 2 is 1.84 bits per heavy atom. The van der Waals surface area contributed by atoms with Crippen molar-refractivity contribution in [2.75, 3.05) is 26.2 Å². The first-order chi connectivity index (χ1) is 12.1. The Kier molecular flexibility index (Phi) is 4.46. The van der Waals surface area contributed by atoms with E-state index in [9.17, 15) is 4.79 Å². The monoisotopic (exact) mass is 337 g/mol. The lowest BCUT2D eigenvalue weighted by atomic mass is 9.92. The van der Waals surface area contributed by atoms with Gasteiger partial charge in [-0.2, -0.15) is 0 Å². The third-order valence-corrected chi connectivity index (χ3v) is 5.86. The Morgan fingerprint density at radius 3 is 2.52 bits per heavy atom. The predicted molar refractivity (Wildman–Crippen MR) is 101 cm³/mol. The number of pyridine rings is 1. The molecule has 132 valence electrons. The minimum absolute atomic E-state index is 0.174. The second-order valence-electron chi connectivity index (χ2n) is 7.81. The lowest BCUT2D eigenvalue weighted by Gasteiger charge is -2.22. The molecule has 0 aliphatic carbocycles. The van der Waals surface area contributed by atoms with Crippen LogP contribution in [0.4, 0.5) is 0 Å². The van der Waals surface area contributed by atoms with Crippen molar-refractivity contribution >= 4 is 16.8 Å². The highest BCUT2D eigenvalue weighted by molar-refractivity contribution is 6.06. The molecule has 2 aliphatic rings. The van der Waals surface area contributed by atoms with Crippen LogP contribution < -0.4 is 5.32 Å². The van der Waals surface area contributed by atoms with Gasteiger partial charge in [-0.15, -0.1) is 0 Å². The van der Waals surface area contributed by atoms with Gasteiger partial charge in [-0.25, -0.2) is 0 Å². The molecule has 1 N–H and O–H groups in total. The number of hydrogen-bond donors (Lipinski definition) is 1. The molecular formula is C21H27N3O. The van der Waals surface area contributed by atoms with Crippen LogP contribution in [0, 0.1) is 11.8 Å². The van der Waals surface area contributed by atoms with E-state index in [1.807, 2.05) is 30.3 Å². The van der Waals surface area contributed by atoms with Crippen molar-refractivity contribution < 1.29 is 4.79 Å². The summed E-state index contributed by atoms with van der Waals surface area (Å²) in [5.41, 5.74) is 2.74. The van der Waals surface area contributed by atoms with E-state index in [-0.39, 0.29) is 5.91 Å². The number of likely N-dealkylation sites (tertiary alicyclic amines) is 1. The normalized spacial score (nSPS) is 23.7. The van der Waals surface area contributed by atoms with E-state index in [0.29, 0.717) is 5.92 Å². The topological polar surface area (TPSA) is 45.2 Å². The molecule has 4 rings (SSSR count). The highest BCUT2D eigenvalue weighted by Gasteiger charge is 2.32. The minimum atomic E-state index is 0.174. The van der Waals surface area contributed by atoms with Gasteiger partial charge in [0.05, 0.1) is 11.1 Å². The molecule has 25 heavy (non-hydrogen) atoms. The highest BCUT2D eigenvalue weighted by atomic mass is 16.2. The molecule has 0 unspecified atom stereocenters. The van der Waals surface area contributed by atoms with Crippen LogP contribution in [-0.4, -0.2) is 42.0 Å². The maximum atomic E-state index is 13.3. The Balaban J connectivity index is 1.67. The van der Waals surface area contributed by atoms with Gasteiger partial charge in [0.15, 0.2) is 0 Å². The fourth-order valence-corrected chi connectivity index (χ4v) is 4.26. The largest absolute Gasteiger partial charge is 0.339 e. The van der Waals surface area contributed by atoms with Crippen molar-refractivity contribution in [1.29, 1.82) is 0 Å². The van der Waals surface area contributed by atoms with Crippen molar-refractivity contribution in [3.05, 3.63) is 41.6 Å². The van der Waals surface area contributed by atoms with Crippen molar-refractivity contribution in [3.8, 4) is 0 Å². The number of rotatable bonds is 2. The molecule has 4 heteroatoms. The van der Waals surface area contributed by atoms with Gasteiger partial charge in [-0.3, -0.25) is 9.78 Å². The number of nitrogens with one attached hydrogen (secondary N) is 1. The zero-order valence-corrected chi connectivity index (χ0v) is 15.2. The Bertz CT molecular complexity index is 772. The van der Waals surface area contributed by atoms with Crippen LogP contribution in [0.15, 0.2) is 30.3 Å². The Morgan fingerprint density at radius 1 is 1.16 bits per heavy atom. The second-order valence-corrected chi connectivity index (χ2v) is 7.81. The second kappa shape index (κ2) is 6.75. The van der Waals surface area contributed by atoms with Gasteiger partial charge in [0, 0.05) is 24.2 Å². The molecular weight excluding hydrogens is 310 g/mol. The number of nitrogens with zero attached hydrogens (tertiary/aromatic N) is 2. The quantitative estimate of drug-likeness (QED) is 0.913. The fraction of sp³-hybridized carbons (Fsp3) is 0.524. The molecule has 2 aromatic rings. The van der Waals surface area contributed by atoms with E-state index in [2.05, 4.69) is 24.1 Å². The van der Waals surface area contributed by atoms with Crippen molar-refractivity contribution in [2.45, 2.75) is 32.6 Å². The summed E-state index contributed by atoms with van der Waals surface area (Å²) in [6.07, 6.45) is 2.23. The summed E-state index contributed by atoms with van der Waals surface area (Å²) in [4.78, 5) is 20.2. The van der Waals surface area contributed by atoms with E-state index in [0.717, 1.165) is 73.0 Å². The molecule has 1 aromatic carbocycles. The number of hydrogen-bond acceptors (Lipinski definition) is 3. The molecule has 1 amide bonds. The molecule has 0 bridgehead atoms. The summed E-state index contributed by atoms with van der Waals surface area (Å²) < 4.78 is 0. The summed E-state index contributed by atoms with van der Waals surface area (Å²) in [6, 6.07) is 10.0. The zero-order valence-electron chi connectivity index (χ0n) is 15.2. The number of carbonyl (C=O) groups excluding carboxylic acids is 1. The van der Waals surface area contributed by atoms with Crippen LogP contribution in [-0.2, 0) is 0 Å². The summed E-state index contributed by atoms with van der Waals surface area (Å²) in [6.45, 7) is 8.23. The third-order valence-electron chi connectivity index (χ3n) is 5.86. The van der Waals surface area contributed by atoms with Crippen LogP contribution in [0.2, 0.25) is 0 Å². The zero-order chi connectivity index (χ0) is 17.4. The molecule has 0 radical (unpaired) electrons. The van der Waals surface area contributed by atoms with Gasteiger partial charge in [-0.05, 0) is 55.8 Å².